The van der Waals surface area contributed by atoms with E-state index < -0.39 is 11.8 Å². The first kappa shape index (κ1) is 31.6. The van der Waals surface area contributed by atoms with Crippen LogP contribution in [0.1, 0.15) is 58.8 Å². The highest BCUT2D eigenvalue weighted by atomic mass is 19.1. The number of esters is 1. The summed E-state index contributed by atoms with van der Waals surface area (Å²) in [5.74, 6) is -0.574. The molecule has 0 fully saturated rings. The number of hydrogen-bond acceptors (Lipinski definition) is 5. The van der Waals surface area contributed by atoms with E-state index in [1.807, 2.05) is 54.9 Å². The Bertz CT molecular complexity index is 2170. The molecule has 9 heteroatoms. The molecule has 0 unspecified atom stereocenters. The van der Waals surface area contributed by atoms with Crippen molar-refractivity contribution in [3.63, 3.8) is 0 Å². The number of fused-ring (bicyclic) bond motifs is 4. The topological polar surface area (TPSA) is 67.5 Å². The summed E-state index contributed by atoms with van der Waals surface area (Å²) in [6.07, 6.45) is 1.60. The van der Waals surface area contributed by atoms with Gasteiger partial charge in [0.05, 0.1) is 43.3 Å². The molecule has 0 bridgehead atoms. The number of rotatable bonds is 8. The fourth-order valence-electron chi connectivity index (χ4n) is 6.97. The number of aromatic nitrogens is 3. The second-order valence-corrected chi connectivity index (χ2v) is 12.0. The predicted octanol–water partition coefficient (Wildman–Crippen LogP) is 8.30. The Morgan fingerprint density at radius 2 is 1.62 bits per heavy atom. The van der Waals surface area contributed by atoms with Crippen molar-refractivity contribution >= 4 is 27.6 Å². The molecule has 1 aliphatic rings. The molecule has 4 aromatic carbocycles. The first-order valence-electron chi connectivity index (χ1n) is 16.4. The van der Waals surface area contributed by atoms with Crippen LogP contribution in [0, 0.1) is 11.6 Å². The van der Waals surface area contributed by atoms with Crippen LogP contribution in [0.3, 0.4) is 0 Å². The van der Waals surface area contributed by atoms with Gasteiger partial charge in [-0.05, 0) is 67.1 Å². The number of carbonyl (C=O) groups is 1. The molecule has 246 valence electrons. The van der Waals surface area contributed by atoms with Crippen molar-refractivity contribution in [2.24, 2.45) is 7.05 Å². The van der Waals surface area contributed by atoms with Crippen LogP contribution in [-0.2, 0) is 49.1 Å². The van der Waals surface area contributed by atoms with E-state index in [0.717, 1.165) is 33.5 Å². The maximum absolute atomic E-state index is 16.4. The van der Waals surface area contributed by atoms with Gasteiger partial charge < -0.3 is 18.8 Å². The minimum Gasteiger partial charge on any atom is -0.493 e. The summed E-state index contributed by atoms with van der Waals surface area (Å²) in [6, 6.07) is 21.5. The molecule has 7 nitrogen and oxygen atoms in total. The smallest absolute Gasteiger partial charge is 0.355 e. The summed E-state index contributed by atoms with van der Waals surface area (Å²) in [7, 11) is 1.85. The van der Waals surface area contributed by atoms with Gasteiger partial charge in [0.2, 0.25) is 0 Å². The van der Waals surface area contributed by atoms with Gasteiger partial charge >= 0.3 is 5.97 Å². The minimum atomic E-state index is -0.466. The number of hydrogen-bond donors (Lipinski definition) is 0. The fraction of sp³-hybridized carbons (Fsp3) is 0.282. The Morgan fingerprint density at radius 1 is 0.875 bits per heavy atom. The van der Waals surface area contributed by atoms with Gasteiger partial charge in [-0.15, -0.1) is 0 Å². The monoisotopic (exact) mass is 649 g/mol. The third-order valence-electron chi connectivity index (χ3n) is 9.17. The van der Waals surface area contributed by atoms with Gasteiger partial charge in [-0.2, -0.15) is 5.10 Å². The Kier molecular flexibility index (Phi) is 8.71. The summed E-state index contributed by atoms with van der Waals surface area (Å²) < 4.78 is 52.6. The fourth-order valence-corrected chi connectivity index (χ4v) is 6.97. The predicted molar refractivity (Wildman–Crippen MR) is 181 cm³/mol. The van der Waals surface area contributed by atoms with Crippen molar-refractivity contribution in [3.8, 4) is 16.9 Å². The molecule has 0 amide bonds. The highest BCUT2D eigenvalue weighted by Gasteiger charge is 2.31. The van der Waals surface area contributed by atoms with E-state index in [4.69, 9.17) is 19.3 Å². The summed E-state index contributed by atoms with van der Waals surface area (Å²) >= 11 is 0. The van der Waals surface area contributed by atoms with E-state index in [0.29, 0.717) is 77.9 Å². The zero-order valence-electron chi connectivity index (χ0n) is 27.3. The molecule has 0 radical (unpaired) electrons. The summed E-state index contributed by atoms with van der Waals surface area (Å²) in [4.78, 5) is 13.9. The van der Waals surface area contributed by atoms with Crippen LogP contribution in [0.4, 0.5) is 8.78 Å². The quantitative estimate of drug-likeness (QED) is 0.123. The average Bonchev–Trinajstić information content (AvgIpc) is 3.57. The molecule has 3 heterocycles. The van der Waals surface area contributed by atoms with Crippen LogP contribution in [0.5, 0.6) is 5.75 Å². The van der Waals surface area contributed by atoms with E-state index in [1.165, 1.54) is 12.1 Å². The molecule has 2 aromatic heterocycles. The van der Waals surface area contributed by atoms with Crippen molar-refractivity contribution in [1.82, 2.24) is 14.3 Å². The molecule has 1 aliphatic heterocycles. The van der Waals surface area contributed by atoms with Gasteiger partial charge in [-0.1, -0.05) is 55.5 Å². The zero-order valence-corrected chi connectivity index (χ0v) is 27.3. The lowest BCUT2D eigenvalue weighted by Gasteiger charge is -2.16. The number of carbonyl (C=O) groups excluding carboxylic acids is 1. The van der Waals surface area contributed by atoms with E-state index >= 15 is 4.39 Å². The van der Waals surface area contributed by atoms with Crippen LogP contribution < -0.4 is 4.74 Å². The Hall–Kier alpha value is -5.02. The standard InChI is InChI=1S/C39H37F2N3O4/c1-4-32-36-33(43(3)42-32)23-46-22-25-12-7-6-11-24(25)21-44-37-29(16-17-31(41)35(36)37)28(38(44)39(45)47-5-2)15-10-20-48-34-19-18-30(40)26-13-8-9-14-27(26)34/h6-9,11-14,16-19H,4-5,10,15,20-23H2,1-3H3. The van der Waals surface area contributed by atoms with Crippen molar-refractivity contribution in [1.29, 1.82) is 0 Å². The second kappa shape index (κ2) is 13.2. The Labute approximate surface area is 277 Å². The van der Waals surface area contributed by atoms with Gasteiger partial charge in [0.15, 0.2) is 0 Å². The van der Waals surface area contributed by atoms with Gasteiger partial charge in [-0.25, -0.2) is 13.6 Å². The summed E-state index contributed by atoms with van der Waals surface area (Å²) in [5, 5.41) is 6.73. The van der Waals surface area contributed by atoms with Crippen LogP contribution >= 0.6 is 0 Å². The molecule has 0 aliphatic carbocycles. The van der Waals surface area contributed by atoms with Gasteiger partial charge in [-0.3, -0.25) is 4.68 Å². The molecule has 6 aromatic rings. The third kappa shape index (κ3) is 5.52. The zero-order chi connectivity index (χ0) is 33.4. The average molecular weight is 650 g/mol. The molecule has 0 N–H and O–H groups in total. The van der Waals surface area contributed by atoms with Crippen molar-refractivity contribution in [3.05, 3.63) is 118 Å². The highest BCUT2D eigenvalue weighted by Crippen LogP contribution is 2.41. The highest BCUT2D eigenvalue weighted by molar-refractivity contribution is 6.05. The molecule has 0 saturated heterocycles. The number of benzene rings is 4. The number of halogens is 2. The van der Waals surface area contributed by atoms with Crippen molar-refractivity contribution < 1.29 is 27.8 Å². The normalized spacial score (nSPS) is 12.9. The maximum Gasteiger partial charge on any atom is 0.355 e. The van der Waals surface area contributed by atoms with Crippen LogP contribution in [0.25, 0.3) is 32.8 Å². The SMILES string of the molecule is CCOC(=O)c1c(CCCOc2ccc(F)c3ccccc23)c2ccc(F)c3c2n1Cc1ccccc1COCc1c-3c(CC)nn1C. The molecule has 0 saturated carbocycles. The maximum atomic E-state index is 16.4. The summed E-state index contributed by atoms with van der Waals surface area (Å²) in [6.45, 7) is 5.21. The van der Waals surface area contributed by atoms with Gasteiger partial charge in [0.25, 0.3) is 0 Å². The molecular formula is C39H37F2N3O4. The first-order valence-corrected chi connectivity index (χ1v) is 16.4. The summed E-state index contributed by atoms with van der Waals surface area (Å²) in [5.41, 5.74) is 6.36. The van der Waals surface area contributed by atoms with Crippen LogP contribution in [0.15, 0.2) is 72.8 Å². The lowest BCUT2D eigenvalue weighted by molar-refractivity contribution is 0.0513. The molecule has 48 heavy (non-hydrogen) atoms. The van der Waals surface area contributed by atoms with E-state index in [9.17, 15) is 9.18 Å². The number of ether oxygens (including phenoxy) is 3. The molecule has 0 atom stereocenters. The lowest BCUT2D eigenvalue weighted by atomic mass is 9.96. The Morgan fingerprint density at radius 3 is 2.42 bits per heavy atom. The molecule has 7 rings (SSSR count). The largest absolute Gasteiger partial charge is 0.493 e. The lowest BCUT2D eigenvalue weighted by Crippen LogP contribution is -2.16. The van der Waals surface area contributed by atoms with Crippen LogP contribution in [0.2, 0.25) is 0 Å². The van der Waals surface area contributed by atoms with E-state index in [2.05, 4.69) is 0 Å². The minimum absolute atomic E-state index is 0.193. The first-order chi connectivity index (χ1) is 23.4. The molecular weight excluding hydrogens is 612 g/mol. The van der Waals surface area contributed by atoms with Gasteiger partial charge in [0.1, 0.15) is 23.1 Å². The van der Waals surface area contributed by atoms with E-state index in [-0.39, 0.29) is 19.0 Å². The molecule has 0 spiro atoms. The number of nitrogens with zero attached hydrogens (tertiary/aromatic N) is 3. The van der Waals surface area contributed by atoms with Crippen molar-refractivity contribution in [2.45, 2.75) is 52.9 Å². The number of aryl methyl sites for hydroxylation is 3. The third-order valence-corrected chi connectivity index (χ3v) is 9.17. The van der Waals surface area contributed by atoms with E-state index in [1.54, 1.807) is 35.9 Å². The van der Waals surface area contributed by atoms with Crippen molar-refractivity contribution in [2.75, 3.05) is 13.2 Å². The van der Waals surface area contributed by atoms with Crippen LogP contribution in [-0.4, -0.2) is 33.5 Å². The second-order valence-electron chi connectivity index (χ2n) is 12.0. The Balaban J connectivity index is 1.39. The van der Waals surface area contributed by atoms with Gasteiger partial charge in [0, 0.05) is 40.9 Å².